The van der Waals surface area contributed by atoms with Gasteiger partial charge in [-0.25, -0.2) is 0 Å². The van der Waals surface area contributed by atoms with Crippen LogP contribution in [-0.2, 0) is 9.53 Å². The minimum Gasteiger partial charge on any atom is -0.364 e. The van der Waals surface area contributed by atoms with Crippen molar-refractivity contribution in [2.75, 3.05) is 19.7 Å². The molecule has 1 amide bonds. The number of rotatable bonds is 4. The molecule has 2 N–H and O–H groups in total. The van der Waals surface area contributed by atoms with E-state index in [1.807, 2.05) is 4.90 Å². The molecule has 1 atom stereocenters. The molecule has 2 fully saturated rings. The average Bonchev–Trinajstić information content (AvgIpc) is 3.03. The first kappa shape index (κ1) is 10.9. The molecule has 0 aromatic heterocycles. The van der Waals surface area contributed by atoms with E-state index >= 15 is 0 Å². The number of ether oxygens (including phenoxy) is 1. The molecule has 0 spiro atoms. The molecule has 1 saturated carbocycles. The van der Waals surface area contributed by atoms with E-state index in [1.165, 1.54) is 12.8 Å². The Balaban J connectivity index is 1.94. The largest absolute Gasteiger partial charge is 0.364 e. The summed E-state index contributed by atoms with van der Waals surface area (Å²) in [5.41, 5.74) is 5.33. The van der Waals surface area contributed by atoms with Gasteiger partial charge in [-0.05, 0) is 39.2 Å². The number of nitrogens with zero attached hydrogens (tertiary/aromatic N) is 1. The predicted octanol–water partition coefficient (Wildman–Crippen LogP) is 0.505. The van der Waals surface area contributed by atoms with Crippen LogP contribution in [0.15, 0.2) is 0 Å². The van der Waals surface area contributed by atoms with Gasteiger partial charge in [-0.2, -0.15) is 0 Å². The normalized spacial score (nSPS) is 32.1. The van der Waals surface area contributed by atoms with Crippen LogP contribution in [0.1, 0.15) is 32.6 Å². The highest BCUT2D eigenvalue weighted by molar-refractivity contribution is 5.79. The van der Waals surface area contributed by atoms with E-state index < -0.39 is 0 Å². The van der Waals surface area contributed by atoms with Crippen molar-refractivity contribution in [2.45, 2.75) is 44.2 Å². The molecule has 0 aromatic carbocycles. The van der Waals surface area contributed by atoms with E-state index in [9.17, 15) is 4.79 Å². The maximum absolute atomic E-state index is 11.6. The van der Waals surface area contributed by atoms with Crippen LogP contribution in [0, 0.1) is 0 Å². The lowest BCUT2D eigenvalue weighted by atomic mass is 9.97. The molecule has 86 valence electrons. The fraction of sp³-hybridized carbons (Fsp3) is 0.909. The van der Waals surface area contributed by atoms with E-state index in [0.29, 0.717) is 12.6 Å². The van der Waals surface area contributed by atoms with Crippen LogP contribution in [0.3, 0.4) is 0 Å². The number of nitrogens with two attached hydrogens (primary N) is 1. The Morgan fingerprint density at radius 2 is 2.33 bits per heavy atom. The Labute approximate surface area is 90.8 Å². The van der Waals surface area contributed by atoms with Crippen LogP contribution in [-0.4, -0.2) is 42.1 Å². The molecule has 4 nitrogen and oxygen atoms in total. The van der Waals surface area contributed by atoms with Gasteiger partial charge in [0.2, 0.25) is 5.91 Å². The first-order valence-corrected chi connectivity index (χ1v) is 5.78. The summed E-state index contributed by atoms with van der Waals surface area (Å²) in [6.07, 6.45) is 4.24. The van der Waals surface area contributed by atoms with Gasteiger partial charge in [0.05, 0.1) is 5.60 Å². The van der Waals surface area contributed by atoms with Crippen molar-refractivity contribution in [1.82, 2.24) is 4.90 Å². The molecular formula is C11H20N2O2. The zero-order valence-electron chi connectivity index (χ0n) is 9.37. The summed E-state index contributed by atoms with van der Waals surface area (Å²) in [5.74, 6) is 0.155. The molecular weight excluding hydrogens is 192 g/mol. The van der Waals surface area contributed by atoms with Gasteiger partial charge in [-0.1, -0.05) is 0 Å². The van der Waals surface area contributed by atoms with E-state index in [1.54, 1.807) is 0 Å². The van der Waals surface area contributed by atoms with Gasteiger partial charge in [0.25, 0.3) is 0 Å². The highest BCUT2D eigenvalue weighted by Crippen LogP contribution is 2.32. The second-order valence-corrected chi connectivity index (χ2v) is 4.88. The predicted molar refractivity (Wildman–Crippen MR) is 57.4 cm³/mol. The molecule has 2 rings (SSSR count). The second kappa shape index (κ2) is 4.10. The minimum atomic E-state index is -0.171. The Morgan fingerprint density at radius 3 is 2.93 bits per heavy atom. The lowest BCUT2D eigenvalue weighted by Crippen LogP contribution is -2.54. The molecule has 4 heteroatoms. The average molecular weight is 212 g/mol. The molecule has 1 aliphatic carbocycles. The molecule has 15 heavy (non-hydrogen) atoms. The first-order chi connectivity index (χ1) is 7.14. The third-order valence-electron chi connectivity index (χ3n) is 3.27. The van der Waals surface area contributed by atoms with Crippen molar-refractivity contribution in [3.63, 3.8) is 0 Å². The lowest BCUT2D eigenvalue weighted by Gasteiger charge is -2.40. The molecule has 0 bridgehead atoms. The summed E-state index contributed by atoms with van der Waals surface area (Å²) in [4.78, 5) is 13.6. The summed E-state index contributed by atoms with van der Waals surface area (Å²) in [5, 5.41) is 0. The Bertz CT molecular complexity index is 253. The van der Waals surface area contributed by atoms with E-state index in [4.69, 9.17) is 10.5 Å². The number of amides is 1. The van der Waals surface area contributed by atoms with Gasteiger partial charge in [0.15, 0.2) is 0 Å². The van der Waals surface area contributed by atoms with Gasteiger partial charge in [0, 0.05) is 12.6 Å². The molecule has 1 saturated heterocycles. The highest BCUT2D eigenvalue weighted by Gasteiger charge is 2.41. The summed E-state index contributed by atoms with van der Waals surface area (Å²) >= 11 is 0. The fourth-order valence-electron chi connectivity index (χ4n) is 2.16. The number of hydrogen-bond acceptors (Lipinski definition) is 3. The summed E-state index contributed by atoms with van der Waals surface area (Å²) < 4.78 is 5.64. The van der Waals surface area contributed by atoms with Gasteiger partial charge >= 0.3 is 0 Å². The Hall–Kier alpha value is -0.610. The number of hydrogen-bond donors (Lipinski definition) is 1. The zero-order valence-corrected chi connectivity index (χ0v) is 9.37. The molecule has 0 aromatic rings. The lowest BCUT2D eigenvalue weighted by molar-refractivity contribution is -0.163. The molecule has 1 aliphatic heterocycles. The standard InChI is InChI=1S/C11H20N2O2/c1-11(5-2-6-12)8-13(9-3-4-9)10(14)7-15-11/h9H,2-8,12H2,1H3. The van der Waals surface area contributed by atoms with E-state index in [-0.39, 0.29) is 18.1 Å². The van der Waals surface area contributed by atoms with Gasteiger partial charge < -0.3 is 15.4 Å². The number of carbonyl (C=O) groups excluding carboxylic acids is 1. The maximum Gasteiger partial charge on any atom is 0.248 e. The van der Waals surface area contributed by atoms with Crippen molar-refractivity contribution in [2.24, 2.45) is 5.73 Å². The quantitative estimate of drug-likeness (QED) is 0.738. The van der Waals surface area contributed by atoms with Gasteiger partial charge in [-0.3, -0.25) is 4.79 Å². The van der Waals surface area contributed by atoms with Crippen LogP contribution in [0.25, 0.3) is 0 Å². The number of morpholine rings is 1. The first-order valence-electron chi connectivity index (χ1n) is 5.78. The smallest absolute Gasteiger partial charge is 0.248 e. The van der Waals surface area contributed by atoms with Crippen molar-refractivity contribution in [3.8, 4) is 0 Å². The summed E-state index contributed by atoms with van der Waals surface area (Å²) in [6, 6.07) is 0.499. The van der Waals surface area contributed by atoms with E-state index in [2.05, 4.69) is 6.92 Å². The molecule has 0 radical (unpaired) electrons. The van der Waals surface area contributed by atoms with Crippen molar-refractivity contribution < 1.29 is 9.53 Å². The topological polar surface area (TPSA) is 55.6 Å². The Kier molecular flexibility index (Phi) is 2.98. The van der Waals surface area contributed by atoms with Crippen LogP contribution in [0.4, 0.5) is 0 Å². The fourth-order valence-corrected chi connectivity index (χ4v) is 2.16. The van der Waals surface area contributed by atoms with Crippen LogP contribution in [0.5, 0.6) is 0 Å². The SMILES string of the molecule is CC1(CCCN)CN(C2CC2)C(=O)CO1. The maximum atomic E-state index is 11.6. The van der Waals surface area contributed by atoms with Crippen LogP contribution < -0.4 is 5.73 Å². The number of carbonyl (C=O) groups is 1. The third kappa shape index (κ3) is 2.49. The van der Waals surface area contributed by atoms with Crippen molar-refractivity contribution >= 4 is 5.91 Å². The van der Waals surface area contributed by atoms with E-state index in [0.717, 1.165) is 19.4 Å². The second-order valence-electron chi connectivity index (χ2n) is 4.88. The van der Waals surface area contributed by atoms with Crippen molar-refractivity contribution in [1.29, 1.82) is 0 Å². The zero-order chi connectivity index (χ0) is 10.9. The minimum absolute atomic E-state index is 0.155. The van der Waals surface area contributed by atoms with Gasteiger partial charge in [0.1, 0.15) is 6.61 Å². The highest BCUT2D eigenvalue weighted by atomic mass is 16.5. The van der Waals surface area contributed by atoms with Crippen molar-refractivity contribution in [3.05, 3.63) is 0 Å². The summed E-state index contributed by atoms with van der Waals surface area (Å²) in [6.45, 7) is 3.77. The van der Waals surface area contributed by atoms with Gasteiger partial charge in [-0.15, -0.1) is 0 Å². The third-order valence-corrected chi connectivity index (χ3v) is 3.27. The summed E-state index contributed by atoms with van der Waals surface area (Å²) in [7, 11) is 0. The Morgan fingerprint density at radius 1 is 1.60 bits per heavy atom. The molecule has 1 heterocycles. The monoisotopic (exact) mass is 212 g/mol. The molecule has 2 aliphatic rings. The van der Waals surface area contributed by atoms with Crippen LogP contribution in [0.2, 0.25) is 0 Å². The van der Waals surface area contributed by atoms with Crippen LogP contribution >= 0.6 is 0 Å². The molecule has 1 unspecified atom stereocenters.